The first-order valence-electron chi connectivity index (χ1n) is 8.31. The summed E-state index contributed by atoms with van der Waals surface area (Å²) in [6.45, 7) is 2.97. The summed E-state index contributed by atoms with van der Waals surface area (Å²) >= 11 is 0. The highest BCUT2D eigenvalue weighted by molar-refractivity contribution is 5.95. The minimum Gasteiger partial charge on any atom is -0.497 e. The Kier molecular flexibility index (Phi) is 6.53. The monoisotopic (exact) mass is 374 g/mol. The zero-order valence-electron chi connectivity index (χ0n) is 15.4. The molecular formula is C18H22N4O5. The Balaban J connectivity index is 2.19. The SMILES string of the molecule is COc1ccc(-n2ccc(C(=O)N(CCNC(C)=O)C(C)C(=O)O)n2)cc1. The number of benzene rings is 1. The van der Waals surface area contributed by atoms with E-state index in [1.165, 1.54) is 29.5 Å². The van der Waals surface area contributed by atoms with Crippen molar-refractivity contribution in [1.82, 2.24) is 20.0 Å². The summed E-state index contributed by atoms with van der Waals surface area (Å²) in [5.41, 5.74) is 0.840. The summed E-state index contributed by atoms with van der Waals surface area (Å²) in [5, 5.41) is 16.1. The Morgan fingerprint density at radius 3 is 2.48 bits per heavy atom. The van der Waals surface area contributed by atoms with Gasteiger partial charge in [-0.3, -0.25) is 9.59 Å². The standard InChI is InChI=1S/C18H22N4O5/c1-12(18(25)26)21(11-9-19-13(2)23)17(24)16-8-10-22(20-16)14-4-6-15(27-3)7-5-14/h4-8,10,12H,9,11H2,1-3H3,(H,19,23)(H,25,26). The average molecular weight is 374 g/mol. The fourth-order valence-corrected chi connectivity index (χ4v) is 2.42. The lowest BCUT2D eigenvalue weighted by molar-refractivity contribution is -0.141. The number of aromatic nitrogens is 2. The van der Waals surface area contributed by atoms with Crippen molar-refractivity contribution < 1.29 is 24.2 Å². The van der Waals surface area contributed by atoms with Gasteiger partial charge >= 0.3 is 5.97 Å². The third kappa shape index (κ3) is 5.06. The molecule has 2 aromatic rings. The molecule has 0 aliphatic carbocycles. The first kappa shape index (κ1) is 20.0. The maximum atomic E-state index is 12.8. The second-order valence-electron chi connectivity index (χ2n) is 5.84. The van der Waals surface area contributed by atoms with Crippen molar-refractivity contribution in [2.45, 2.75) is 19.9 Å². The molecule has 1 aromatic heterocycles. The highest BCUT2D eigenvalue weighted by Gasteiger charge is 2.27. The molecule has 0 aliphatic heterocycles. The average Bonchev–Trinajstić information content (AvgIpc) is 3.14. The smallest absolute Gasteiger partial charge is 0.326 e. The van der Waals surface area contributed by atoms with E-state index < -0.39 is 17.9 Å². The van der Waals surface area contributed by atoms with E-state index in [4.69, 9.17) is 4.74 Å². The molecule has 0 bridgehead atoms. The highest BCUT2D eigenvalue weighted by Crippen LogP contribution is 2.15. The van der Waals surface area contributed by atoms with Gasteiger partial charge in [-0.25, -0.2) is 9.48 Å². The van der Waals surface area contributed by atoms with Crippen molar-refractivity contribution in [3.63, 3.8) is 0 Å². The van der Waals surface area contributed by atoms with Gasteiger partial charge < -0.3 is 20.1 Å². The van der Waals surface area contributed by atoms with Crippen LogP contribution in [0.1, 0.15) is 24.3 Å². The van der Waals surface area contributed by atoms with Gasteiger partial charge in [0.05, 0.1) is 12.8 Å². The number of carboxylic acid groups (broad SMARTS) is 1. The summed E-state index contributed by atoms with van der Waals surface area (Å²) in [4.78, 5) is 36.3. The minimum absolute atomic E-state index is 0.0568. The van der Waals surface area contributed by atoms with Crippen LogP contribution in [0.25, 0.3) is 5.69 Å². The van der Waals surface area contributed by atoms with Gasteiger partial charge in [-0.1, -0.05) is 0 Å². The van der Waals surface area contributed by atoms with Crippen molar-refractivity contribution in [2.75, 3.05) is 20.2 Å². The molecule has 9 nitrogen and oxygen atoms in total. The van der Waals surface area contributed by atoms with Gasteiger partial charge in [0, 0.05) is 26.2 Å². The second kappa shape index (κ2) is 8.84. The number of hydrogen-bond acceptors (Lipinski definition) is 5. The molecule has 0 radical (unpaired) electrons. The van der Waals surface area contributed by atoms with Crippen LogP contribution in [0.5, 0.6) is 5.75 Å². The number of rotatable bonds is 8. The number of ether oxygens (including phenoxy) is 1. The Morgan fingerprint density at radius 2 is 1.93 bits per heavy atom. The first-order chi connectivity index (χ1) is 12.8. The van der Waals surface area contributed by atoms with Gasteiger partial charge in [-0.15, -0.1) is 0 Å². The van der Waals surface area contributed by atoms with Crippen LogP contribution in [0.3, 0.4) is 0 Å². The number of hydrogen-bond donors (Lipinski definition) is 2. The Morgan fingerprint density at radius 1 is 1.26 bits per heavy atom. The third-order valence-electron chi connectivity index (χ3n) is 3.96. The zero-order chi connectivity index (χ0) is 20.0. The number of carbonyl (C=O) groups excluding carboxylic acids is 2. The molecule has 27 heavy (non-hydrogen) atoms. The molecule has 9 heteroatoms. The van der Waals surface area contributed by atoms with E-state index in [1.54, 1.807) is 37.6 Å². The van der Waals surface area contributed by atoms with E-state index in [1.807, 2.05) is 0 Å². The van der Waals surface area contributed by atoms with E-state index >= 15 is 0 Å². The zero-order valence-corrected chi connectivity index (χ0v) is 15.4. The summed E-state index contributed by atoms with van der Waals surface area (Å²) in [7, 11) is 1.57. The molecule has 2 amide bonds. The van der Waals surface area contributed by atoms with E-state index in [2.05, 4.69) is 10.4 Å². The summed E-state index contributed by atoms with van der Waals surface area (Å²) < 4.78 is 6.63. The van der Waals surface area contributed by atoms with Crippen LogP contribution in [0, 0.1) is 0 Å². The molecule has 2 N–H and O–H groups in total. The summed E-state index contributed by atoms with van der Waals surface area (Å²) in [6.07, 6.45) is 1.62. The van der Waals surface area contributed by atoms with Crippen molar-refractivity contribution in [1.29, 1.82) is 0 Å². The Bertz CT molecular complexity index is 815. The first-order valence-corrected chi connectivity index (χ1v) is 8.31. The lowest BCUT2D eigenvalue weighted by Gasteiger charge is -2.25. The van der Waals surface area contributed by atoms with Crippen LogP contribution in [0.2, 0.25) is 0 Å². The van der Waals surface area contributed by atoms with Crippen molar-refractivity contribution in [3.05, 3.63) is 42.2 Å². The number of carbonyl (C=O) groups is 3. The quantitative estimate of drug-likeness (QED) is 0.711. The topological polar surface area (TPSA) is 114 Å². The number of methoxy groups -OCH3 is 1. The van der Waals surface area contributed by atoms with Crippen molar-refractivity contribution >= 4 is 17.8 Å². The molecule has 1 aromatic carbocycles. The lowest BCUT2D eigenvalue weighted by Crippen LogP contribution is -2.46. The highest BCUT2D eigenvalue weighted by atomic mass is 16.5. The molecular weight excluding hydrogens is 352 g/mol. The van der Waals surface area contributed by atoms with E-state index in [0.717, 1.165) is 5.69 Å². The van der Waals surface area contributed by atoms with Crippen molar-refractivity contribution in [2.24, 2.45) is 0 Å². The maximum Gasteiger partial charge on any atom is 0.326 e. The van der Waals surface area contributed by atoms with Gasteiger partial charge in [0.2, 0.25) is 5.91 Å². The molecule has 0 saturated heterocycles. The van der Waals surface area contributed by atoms with Crippen LogP contribution >= 0.6 is 0 Å². The van der Waals surface area contributed by atoms with Gasteiger partial charge in [0.1, 0.15) is 11.8 Å². The molecule has 144 valence electrons. The number of carboxylic acids is 1. The minimum atomic E-state index is -1.14. The number of aliphatic carboxylic acids is 1. The maximum absolute atomic E-state index is 12.8. The number of amides is 2. The van der Waals surface area contributed by atoms with E-state index in [9.17, 15) is 19.5 Å². The van der Waals surface area contributed by atoms with Crippen LogP contribution in [0.15, 0.2) is 36.5 Å². The van der Waals surface area contributed by atoms with Gasteiger partial charge in [-0.05, 0) is 37.3 Å². The predicted octanol–water partition coefficient (Wildman–Crippen LogP) is 0.932. The fraction of sp³-hybridized carbons (Fsp3) is 0.333. The molecule has 0 fully saturated rings. The largest absolute Gasteiger partial charge is 0.497 e. The summed E-state index contributed by atoms with van der Waals surface area (Å²) in [6, 6.07) is 7.57. The Labute approximate surface area is 156 Å². The molecule has 1 heterocycles. The van der Waals surface area contributed by atoms with Gasteiger partial charge in [0.25, 0.3) is 5.91 Å². The van der Waals surface area contributed by atoms with E-state index in [0.29, 0.717) is 5.75 Å². The van der Waals surface area contributed by atoms with Crippen LogP contribution < -0.4 is 10.1 Å². The van der Waals surface area contributed by atoms with E-state index in [-0.39, 0.29) is 24.7 Å². The normalized spacial score (nSPS) is 11.5. The second-order valence-corrected chi connectivity index (χ2v) is 5.84. The molecule has 1 atom stereocenters. The Hall–Kier alpha value is -3.36. The molecule has 0 aliphatic rings. The molecule has 1 unspecified atom stereocenters. The van der Waals surface area contributed by atoms with Crippen LogP contribution in [0.4, 0.5) is 0 Å². The fourth-order valence-electron chi connectivity index (χ4n) is 2.42. The number of nitrogens with one attached hydrogen (secondary N) is 1. The van der Waals surface area contributed by atoms with Crippen LogP contribution in [-0.4, -0.2) is 63.8 Å². The summed E-state index contributed by atoms with van der Waals surface area (Å²) in [5.74, 6) is -1.22. The third-order valence-corrected chi connectivity index (χ3v) is 3.96. The molecule has 2 rings (SSSR count). The molecule has 0 spiro atoms. The van der Waals surface area contributed by atoms with Gasteiger partial charge in [-0.2, -0.15) is 5.10 Å². The van der Waals surface area contributed by atoms with Gasteiger partial charge in [0.15, 0.2) is 5.69 Å². The lowest BCUT2D eigenvalue weighted by atomic mass is 10.2. The van der Waals surface area contributed by atoms with Crippen molar-refractivity contribution in [3.8, 4) is 11.4 Å². The predicted molar refractivity (Wildman–Crippen MR) is 96.9 cm³/mol. The van der Waals surface area contributed by atoms with Crippen LogP contribution in [-0.2, 0) is 9.59 Å². The number of nitrogens with zero attached hydrogens (tertiary/aromatic N) is 3. The molecule has 0 saturated carbocycles.